The van der Waals surface area contributed by atoms with Gasteiger partial charge in [-0.3, -0.25) is 4.79 Å². The van der Waals surface area contributed by atoms with Gasteiger partial charge in [-0.05, 0) is 31.6 Å². The molecule has 0 spiro atoms. The lowest BCUT2D eigenvalue weighted by Crippen LogP contribution is -2.31. The van der Waals surface area contributed by atoms with Crippen LogP contribution < -0.4 is 11.1 Å². The first-order valence-electron chi connectivity index (χ1n) is 7.62. The Bertz CT molecular complexity index is 571. The first kappa shape index (κ1) is 13.3. The number of hydrogen-bond acceptors (Lipinski definition) is 6. The summed E-state index contributed by atoms with van der Waals surface area (Å²) in [4.78, 5) is 19.3. The van der Waals surface area contributed by atoms with Gasteiger partial charge in [0.2, 0.25) is 0 Å². The van der Waals surface area contributed by atoms with Crippen molar-refractivity contribution in [3.8, 4) is 0 Å². The first-order valence-corrected chi connectivity index (χ1v) is 8.43. The van der Waals surface area contributed by atoms with Gasteiger partial charge in [-0.25, -0.2) is 4.98 Å². The third kappa shape index (κ3) is 2.38. The van der Waals surface area contributed by atoms with Crippen molar-refractivity contribution in [3.63, 3.8) is 0 Å². The molecule has 1 saturated heterocycles. The number of aromatic nitrogens is 1. The molecule has 3 fully saturated rings. The molecule has 3 aliphatic rings. The predicted octanol–water partition coefficient (Wildman–Crippen LogP) is 1.14. The van der Waals surface area contributed by atoms with Crippen LogP contribution in [0.15, 0.2) is 0 Å². The van der Waals surface area contributed by atoms with Gasteiger partial charge < -0.3 is 21.1 Å². The zero-order valence-electron chi connectivity index (χ0n) is 11.8. The van der Waals surface area contributed by atoms with Crippen LogP contribution in [0.3, 0.4) is 0 Å². The minimum Gasteiger partial charge on any atom is -0.393 e. The number of carbonyl (C=O) groups is 1. The molecule has 0 bridgehead atoms. The quantitative estimate of drug-likeness (QED) is 0.779. The average molecular weight is 308 g/mol. The summed E-state index contributed by atoms with van der Waals surface area (Å²) < 4.78 is 0. The fourth-order valence-electron chi connectivity index (χ4n) is 3.50. The lowest BCUT2D eigenvalue weighted by molar-refractivity contribution is 0.0757. The van der Waals surface area contributed by atoms with E-state index in [2.05, 4.69) is 10.3 Å². The van der Waals surface area contributed by atoms with Crippen LogP contribution in [0.2, 0.25) is 0 Å². The number of carbonyl (C=O) groups excluding carboxylic acids is 1. The van der Waals surface area contributed by atoms with Crippen molar-refractivity contribution in [3.05, 3.63) is 4.88 Å². The van der Waals surface area contributed by atoms with Gasteiger partial charge in [0, 0.05) is 25.0 Å². The largest absolute Gasteiger partial charge is 0.393 e. The Kier molecular flexibility index (Phi) is 3.08. The van der Waals surface area contributed by atoms with Crippen LogP contribution >= 0.6 is 11.3 Å². The number of hydrogen-bond donors (Lipinski definition) is 3. The molecule has 1 aromatic rings. The summed E-state index contributed by atoms with van der Waals surface area (Å²) in [7, 11) is 0. The highest BCUT2D eigenvalue weighted by Gasteiger charge is 2.44. The van der Waals surface area contributed by atoms with Gasteiger partial charge in [-0.1, -0.05) is 11.3 Å². The highest BCUT2D eigenvalue weighted by atomic mass is 32.1. The number of rotatable bonds is 3. The molecule has 1 amide bonds. The number of nitrogens with two attached hydrogens (primary N) is 1. The number of nitrogens with zero attached hydrogens (tertiary/aromatic N) is 2. The lowest BCUT2D eigenvalue weighted by Gasteiger charge is -2.17. The minimum absolute atomic E-state index is 0.0320. The van der Waals surface area contributed by atoms with Crippen molar-refractivity contribution in [2.75, 3.05) is 24.1 Å². The maximum absolute atomic E-state index is 12.6. The number of fused-ring (bicyclic) bond motifs is 1. The summed E-state index contributed by atoms with van der Waals surface area (Å²) in [5, 5.41) is 14.0. The van der Waals surface area contributed by atoms with E-state index in [4.69, 9.17) is 5.73 Å². The van der Waals surface area contributed by atoms with Crippen molar-refractivity contribution in [1.82, 2.24) is 9.88 Å². The van der Waals surface area contributed by atoms with E-state index in [-0.39, 0.29) is 17.9 Å². The van der Waals surface area contributed by atoms with Gasteiger partial charge in [-0.15, -0.1) is 0 Å². The van der Waals surface area contributed by atoms with Gasteiger partial charge in [0.25, 0.3) is 5.91 Å². The van der Waals surface area contributed by atoms with Crippen molar-refractivity contribution < 1.29 is 9.90 Å². The van der Waals surface area contributed by atoms with Crippen LogP contribution in [0.5, 0.6) is 0 Å². The Morgan fingerprint density at radius 2 is 2.14 bits per heavy atom. The average Bonchev–Trinajstić information content (AvgIpc) is 2.90. The number of thiazole rings is 1. The van der Waals surface area contributed by atoms with Gasteiger partial charge in [0.05, 0.1) is 6.10 Å². The zero-order chi connectivity index (χ0) is 14.6. The molecule has 2 heterocycles. The Labute approximate surface area is 127 Å². The van der Waals surface area contributed by atoms with E-state index in [0.29, 0.717) is 29.2 Å². The molecule has 4 N–H and O–H groups in total. The van der Waals surface area contributed by atoms with Crippen LogP contribution in [-0.4, -0.2) is 46.1 Å². The van der Waals surface area contributed by atoms with Gasteiger partial charge in [0.1, 0.15) is 10.7 Å². The van der Waals surface area contributed by atoms with Crippen LogP contribution in [0.25, 0.3) is 0 Å². The van der Waals surface area contributed by atoms with E-state index < -0.39 is 0 Å². The monoisotopic (exact) mass is 308 g/mol. The molecule has 2 saturated carbocycles. The smallest absolute Gasteiger partial charge is 0.267 e. The fraction of sp³-hybridized carbons (Fsp3) is 0.714. The van der Waals surface area contributed by atoms with E-state index in [1.165, 1.54) is 11.3 Å². The van der Waals surface area contributed by atoms with Crippen molar-refractivity contribution in [2.45, 2.75) is 37.8 Å². The maximum atomic E-state index is 12.6. The molecule has 7 heteroatoms. The maximum Gasteiger partial charge on any atom is 0.267 e. The Morgan fingerprint density at radius 1 is 1.33 bits per heavy atom. The second-order valence-electron chi connectivity index (χ2n) is 6.43. The molecule has 21 heavy (non-hydrogen) atoms. The summed E-state index contributed by atoms with van der Waals surface area (Å²) in [5.74, 6) is 0.982. The number of amides is 1. The summed E-state index contributed by atoms with van der Waals surface area (Å²) in [6, 6.07) is 0.500. The molecule has 1 aromatic heterocycles. The number of aliphatic hydroxyl groups excluding tert-OH is 1. The minimum atomic E-state index is -0.251. The van der Waals surface area contributed by atoms with Crippen molar-refractivity contribution in [2.24, 2.45) is 11.8 Å². The van der Waals surface area contributed by atoms with E-state index in [0.717, 1.165) is 37.4 Å². The number of nitrogen functional groups attached to an aromatic ring is 1. The predicted molar refractivity (Wildman–Crippen MR) is 81.3 cm³/mol. The van der Waals surface area contributed by atoms with E-state index in [9.17, 15) is 9.90 Å². The molecule has 114 valence electrons. The molecule has 1 aliphatic heterocycles. The van der Waals surface area contributed by atoms with Gasteiger partial charge in [-0.2, -0.15) is 0 Å². The van der Waals surface area contributed by atoms with Crippen LogP contribution in [0.1, 0.15) is 35.4 Å². The summed E-state index contributed by atoms with van der Waals surface area (Å²) in [6.07, 6.45) is 3.96. The standard InChI is InChI=1S/C14H20N4O2S/c15-12-11(21-14(17-12)16-8-2-3-8)13(20)18-5-7-1-4-10(19)9(7)6-18/h7-10,19H,1-6,15H2,(H,16,17). The number of nitrogens with one attached hydrogen (secondary N) is 1. The summed E-state index contributed by atoms with van der Waals surface area (Å²) in [5.41, 5.74) is 5.91. The van der Waals surface area contributed by atoms with Crippen LogP contribution in [-0.2, 0) is 0 Å². The zero-order valence-corrected chi connectivity index (χ0v) is 12.6. The first-order chi connectivity index (χ1) is 10.1. The lowest BCUT2D eigenvalue weighted by atomic mass is 10.00. The Morgan fingerprint density at radius 3 is 2.86 bits per heavy atom. The topological polar surface area (TPSA) is 91.5 Å². The molecule has 4 rings (SSSR count). The Hall–Kier alpha value is -1.34. The highest BCUT2D eigenvalue weighted by molar-refractivity contribution is 7.18. The van der Waals surface area contributed by atoms with Crippen LogP contribution in [0, 0.1) is 11.8 Å². The summed E-state index contributed by atoms with van der Waals surface area (Å²) >= 11 is 1.35. The molecule has 6 nitrogen and oxygen atoms in total. The molecular formula is C14H20N4O2S. The number of aliphatic hydroxyl groups is 1. The second-order valence-corrected chi connectivity index (χ2v) is 7.43. The van der Waals surface area contributed by atoms with Crippen LogP contribution in [0.4, 0.5) is 10.9 Å². The van der Waals surface area contributed by atoms with Gasteiger partial charge >= 0.3 is 0 Å². The molecule has 3 atom stereocenters. The normalized spacial score (nSPS) is 31.5. The van der Waals surface area contributed by atoms with E-state index in [1.54, 1.807) is 0 Å². The summed E-state index contributed by atoms with van der Waals surface area (Å²) in [6.45, 7) is 1.39. The molecule has 3 unspecified atom stereocenters. The third-order valence-corrected chi connectivity index (χ3v) is 5.85. The molecule has 2 aliphatic carbocycles. The molecule has 0 aromatic carbocycles. The number of likely N-dealkylation sites (tertiary alicyclic amines) is 1. The van der Waals surface area contributed by atoms with Gasteiger partial charge in [0.15, 0.2) is 5.13 Å². The fourth-order valence-corrected chi connectivity index (χ4v) is 4.42. The third-order valence-electron chi connectivity index (χ3n) is 4.86. The van der Waals surface area contributed by atoms with E-state index in [1.807, 2.05) is 4.90 Å². The number of anilines is 2. The Balaban J connectivity index is 1.48. The second kappa shape index (κ2) is 4.84. The molecular weight excluding hydrogens is 288 g/mol. The van der Waals surface area contributed by atoms with Crippen molar-refractivity contribution in [1.29, 1.82) is 0 Å². The molecule has 0 radical (unpaired) electrons. The SMILES string of the molecule is Nc1nc(NC2CC2)sc1C(=O)N1CC2CCC(O)C2C1. The van der Waals surface area contributed by atoms with Crippen molar-refractivity contribution >= 4 is 28.2 Å². The van der Waals surface area contributed by atoms with E-state index >= 15 is 0 Å². The highest BCUT2D eigenvalue weighted by Crippen LogP contribution is 2.39.